The minimum Gasteiger partial charge on any atom is -0.321 e. The van der Waals surface area contributed by atoms with Gasteiger partial charge in [0.2, 0.25) is 0 Å². The number of amides is 2. The highest BCUT2D eigenvalue weighted by molar-refractivity contribution is 6.10. The van der Waals surface area contributed by atoms with Crippen LogP contribution in [0.2, 0.25) is 0 Å². The summed E-state index contributed by atoms with van der Waals surface area (Å²) in [6.45, 7) is 12.2. The average molecular weight is 505 g/mol. The molecule has 192 valence electrons. The molecule has 0 saturated carbocycles. The smallest absolute Gasteiger partial charge is 0.282 e. The molecule has 0 aliphatic heterocycles. The number of nitrogens with zero attached hydrogens (tertiary/aromatic N) is 2. The normalized spacial score (nSPS) is 10.7. The van der Waals surface area contributed by atoms with E-state index in [1.807, 2.05) is 0 Å². The second kappa shape index (κ2) is 10.2. The molecule has 0 heterocycles. The third-order valence-electron chi connectivity index (χ3n) is 6.56. The Kier molecular flexibility index (Phi) is 7.42. The molecule has 37 heavy (non-hydrogen) atoms. The van der Waals surface area contributed by atoms with Crippen LogP contribution in [0.15, 0.2) is 30.3 Å². The lowest BCUT2D eigenvalue weighted by molar-refractivity contribution is -0.385. The summed E-state index contributed by atoms with van der Waals surface area (Å²) in [6.07, 6.45) is 0. The Bertz CT molecular complexity index is 1390. The molecule has 0 bridgehead atoms. The van der Waals surface area contributed by atoms with E-state index in [1.165, 1.54) is 24.3 Å². The van der Waals surface area contributed by atoms with Gasteiger partial charge in [0.05, 0.1) is 9.85 Å². The summed E-state index contributed by atoms with van der Waals surface area (Å²) in [4.78, 5) is 48.3. The fourth-order valence-electron chi connectivity index (χ4n) is 4.20. The van der Waals surface area contributed by atoms with Crippen LogP contribution < -0.4 is 10.6 Å². The molecule has 0 fully saturated rings. The largest absolute Gasteiger partial charge is 0.321 e. The fourth-order valence-corrected chi connectivity index (χ4v) is 4.20. The third kappa shape index (κ3) is 5.32. The molecule has 3 aromatic rings. The lowest BCUT2D eigenvalue weighted by atomic mass is 9.99. The first-order chi connectivity index (χ1) is 17.2. The lowest BCUT2D eigenvalue weighted by Crippen LogP contribution is -2.19. The van der Waals surface area contributed by atoms with Crippen LogP contribution in [-0.2, 0) is 0 Å². The highest BCUT2D eigenvalue weighted by atomic mass is 16.6. The number of hydrogen-bond acceptors (Lipinski definition) is 6. The molecule has 0 spiro atoms. The average Bonchev–Trinajstić information content (AvgIpc) is 2.81. The van der Waals surface area contributed by atoms with Crippen molar-refractivity contribution in [2.45, 2.75) is 48.5 Å². The molecule has 10 heteroatoms. The maximum absolute atomic E-state index is 13.2. The van der Waals surface area contributed by atoms with Crippen molar-refractivity contribution in [2.75, 3.05) is 10.6 Å². The van der Waals surface area contributed by atoms with E-state index < -0.39 is 21.7 Å². The fraction of sp³-hybridized carbons (Fsp3) is 0.259. The van der Waals surface area contributed by atoms with Gasteiger partial charge in [-0.05, 0) is 99.5 Å². The molecule has 0 unspecified atom stereocenters. The van der Waals surface area contributed by atoms with Gasteiger partial charge in [-0.25, -0.2) is 0 Å². The van der Waals surface area contributed by atoms with Gasteiger partial charge in [-0.1, -0.05) is 6.07 Å². The molecular formula is C27H28N4O6. The number of nitro groups is 2. The number of carbonyl (C=O) groups is 2. The van der Waals surface area contributed by atoms with Crippen LogP contribution in [0.1, 0.15) is 59.7 Å². The quantitative estimate of drug-likeness (QED) is 0.303. The van der Waals surface area contributed by atoms with Gasteiger partial charge in [-0.15, -0.1) is 0 Å². The molecule has 0 radical (unpaired) electrons. The second-order valence-corrected chi connectivity index (χ2v) is 9.22. The van der Waals surface area contributed by atoms with Gasteiger partial charge >= 0.3 is 0 Å². The summed E-state index contributed by atoms with van der Waals surface area (Å²) in [5, 5.41) is 28.7. The number of nitro benzene ring substituents is 2. The molecular weight excluding hydrogens is 476 g/mol. The van der Waals surface area contributed by atoms with Crippen molar-refractivity contribution >= 4 is 34.6 Å². The van der Waals surface area contributed by atoms with Crippen molar-refractivity contribution in [2.24, 2.45) is 0 Å². The first-order valence-corrected chi connectivity index (χ1v) is 11.5. The van der Waals surface area contributed by atoms with Gasteiger partial charge < -0.3 is 10.6 Å². The zero-order valence-electron chi connectivity index (χ0n) is 21.7. The summed E-state index contributed by atoms with van der Waals surface area (Å²) in [5.41, 5.74) is 4.72. The monoisotopic (exact) mass is 504 g/mol. The SMILES string of the molecule is Cc1cc(C(=O)Nc2c(C)cc(C)c(NC(=O)c3cc(C)c(C)cc3[N+](=O)[O-])c2C)c([N+](=O)[O-])cc1C. The molecule has 0 aliphatic carbocycles. The Morgan fingerprint density at radius 2 is 0.892 bits per heavy atom. The van der Waals surface area contributed by atoms with Crippen molar-refractivity contribution in [3.63, 3.8) is 0 Å². The van der Waals surface area contributed by atoms with E-state index in [9.17, 15) is 29.8 Å². The Morgan fingerprint density at radius 1 is 0.568 bits per heavy atom. The zero-order chi connectivity index (χ0) is 27.8. The highest BCUT2D eigenvalue weighted by Crippen LogP contribution is 2.33. The van der Waals surface area contributed by atoms with Crippen molar-refractivity contribution in [3.05, 3.63) is 101 Å². The zero-order valence-corrected chi connectivity index (χ0v) is 21.7. The van der Waals surface area contributed by atoms with Crippen LogP contribution in [0.5, 0.6) is 0 Å². The summed E-state index contributed by atoms with van der Waals surface area (Å²) in [6, 6.07) is 7.43. The minimum atomic E-state index is -0.660. The van der Waals surface area contributed by atoms with Gasteiger partial charge in [0.15, 0.2) is 0 Å². The first-order valence-electron chi connectivity index (χ1n) is 11.5. The molecule has 3 rings (SSSR count). The number of nitrogens with one attached hydrogen (secondary N) is 2. The van der Waals surface area contributed by atoms with Crippen LogP contribution >= 0.6 is 0 Å². The van der Waals surface area contributed by atoms with E-state index in [1.54, 1.807) is 54.5 Å². The maximum Gasteiger partial charge on any atom is 0.282 e. The number of rotatable bonds is 6. The van der Waals surface area contributed by atoms with E-state index in [0.717, 1.165) is 11.1 Å². The molecule has 2 N–H and O–H groups in total. The summed E-state index contributed by atoms with van der Waals surface area (Å²) in [7, 11) is 0. The molecule has 0 saturated heterocycles. The molecule has 2 amide bonds. The van der Waals surface area contributed by atoms with Crippen molar-refractivity contribution < 1.29 is 19.4 Å². The molecule has 10 nitrogen and oxygen atoms in total. The third-order valence-corrected chi connectivity index (χ3v) is 6.56. The predicted molar refractivity (Wildman–Crippen MR) is 142 cm³/mol. The topological polar surface area (TPSA) is 144 Å². The van der Waals surface area contributed by atoms with Crippen LogP contribution in [-0.4, -0.2) is 21.7 Å². The van der Waals surface area contributed by atoms with Crippen LogP contribution in [0, 0.1) is 68.7 Å². The number of benzene rings is 3. The summed E-state index contributed by atoms with van der Waals surface area (Å²) < 4.78 is 0. The summed E-state index contributed by atoms with van der Waals surface area (Å²) >= 11 is 0. The second-order valence-electron chi connectivity index (χ2n) is 9.22. The number of hydrogen-bond donors (Lipinski definition) is 2. The number of anilines is 2. The maximum atomic E-state index is 13.2. The first kappa shape index (κ1) is 27.0. The van der Waals surface area contributed by atoms with Crippen molar-refractivity contribution in [1.29, 1.82) is 0 Å². The number of carbonyl (C=O) groups excluding carboxylic acids is 2. The Morgan fingerprint density at radius 3 is 1.22 bits per heavy atom. The van der Waals surface area contributed by atoms with Gasteiger partial charge in [0.25, 0.3) is 23.2 Å². The van der Waals surface area contributed by atoms with Crippen molar-refractivity contribution in [3.8, 4) is 0 Å². The molecule has 3 aromatic carbocycles. The van der Waals surface area contributed by atoms with E-state index in [0.29, 0.717) is 39.2 Å². The standard InChI is InChI=1S/C27H28N4O6/c1-13-9-20(22(30(34)35)11-15(13)3)26(32)28-24-17(5)8-18(6)25(19(24)7)29-27(33)21-10-14(2)16(4)12-23(21)31(36)37/h8-12H,1-7H3,(H,28,32)(H,29,33). The lowest BCUT2D eigenvalue weighted by Gasteiger charge is -2.19. The molecule has 0 aliphatic rings. The highest BCUT2D eigenvalue weighted by Gasteiger charge is 2.25. The molecule has 0 aromatic heterocycles. The number of aryl methyl sites for hydroxylation is 6. The van der Waals surface area contributed by atoms with E-state index in [-0.39, 0.29) is 22.5 Å². The van der Waals surface area contributed by atoms with Crippen LogP contribution in [0.3, 0.4) is 0 Å². The van der Waals surface area contributed by atoms with Crippen LogP contribution in [0.25, 0.3) is 0 Å². The summed E-state index contributed by atoms with van der Waals surface area (Å²) in [5.74, 6) is -1.32. The van der Waals surface area contributed by atoms with E-state index >= 15 is 0 Å². The van der Waals surface area contributed by atoms with Gasteiger partial charge in [0, 0.05) is 23.5 Å². The minimum absolute atomic E-state index is 0.0798. The molecule has 0 atom stereocenters. The predicted octanol–water partition coefficient (Wildman–Crippen LogP) is 6.17. The Labute approximate surface area is 214 Å². The van der Waals surface area contributed by atoms with Gasteiger partial charge in [0.1, 0.15) is 11.1 Å². The Balaban J connectivity index is 2.03. The van der Waals surface area contributed by atoms with Gasteiger partial charge in [-0.3, -0.25) is 29.8 Å². The van der Waals surface area contributed by atoms with Gasteiger partial charge in [-0.2, -0.15) is 0 Å². The Hall–Kier alpha value is -4.60. The van der Waals surface area contributed by atoms with Crippen molar-refractivity contribution in [1.82, 2.24) is 0 Å². The van der Waals surface area contributed by atoms with E-state index in [4.69, 9.17) is 0 Å². The van der Waals surface area contributed by atoms with E-state index in [2.05, 4.69) is 10.6 Å². The van der Waals surface area contributed by atoms with Crippen LogP contribution in [0.4, 0.5) is 22.7 Å².